The smallest absolute Gasteiger partial charge is 1.00 e. The maximum atomic E-state index is 9.45. The second kappa shape index (κ2) is 12.2. The summed E-state index contributed by atoms with van der Waals surface area (Å²) in [6.07, 6.45) is -1.23. The molecule has 9 heavy (non-hydrogen) atoms. The molecule has 1 unspecified atom stereocenters. The summed E-state index contributed by atoms with van der Waals surface area (Å²) in [5, 5.41) is 15.8. The van der Waals surface area contributed by atoms with Gasteiger partial charge in [-0.2, -0.15) is 0 Å². The molecule has 52 valence electrons. The first-order chi connectivity index (χ1) is 2.64. The minimum atomic E-state index is -1.23. The minimum Gasteiger partial charge on any atom is -1.00 e. The first-order valence-electron chi connectivity index (χ1n) is 1.55. The van der Waals surface area contributed by atoms with Crippen LogP contribution in [0.1, 0.15) is 9.78 Å². The standard InChI is InChI=1S/C3H6O3.Ca.H3N.Zr.2H/c1-2(4)3(5)6;;;;;/h2,4H,1H3,(H,5,6);;1H3;;;/q;+2;;;2*-1. The van der Waals surface area contributed by atoms with Crippen molar-refractivity contribution in [1.29, 1.82) is 0 Å². The zero-order valence-electron chi connectivity index (χ0n) is 7.29. The van der Waals surface area contributed by atoms with Gasteiger partial charge >= 0.3 is 43.7 Å². The van der Waals surface area contributed by atoms with Gasteiger partial charge in [-0.1, -0.05) is 0 Å². The first kappa shape index (κ1) is 22.4. The largest absolute Gasteiger partial charge is 2.00 e. The molecule has 0 bridgehead atoms. The van der Waals surface area contributed by atoms with Crippen molar-refractivity contribution < 1.29 is 44.1 Å². The fourth-order valence-corrected chi connectivity index (χ4v) is 0. The fourth-order valence-electron chi connectivity index (χ4n) is 0. The topological polar surface area (TPSA) is 92.5 Å². The zero-order valence-corrected chi connectivity index (χ0v) is 9.96. The molecular formula is C3H11CaNO3Zr. The van der Waals surface area contributed by atoms with E-state index in [0.29, 0.717) is 0 Å². The zero-order chi connectivity index (χ0) is 5.15. The predicted molar refractivity (Wildman–Crippen MR) is 32.3 cm³/mol. The van der Waals surface area contributed by atoms with Gasteiger partial charge in [0.25, 0.3) is 0 Å². The number of rotatable bonds is 1. The van der Waals surface area contributed by atoms with Crippen LogP contribution < -0.4 is 6.15 Å². The third-order valence-electron chi connectivity index (χ3n) is 0.357. The molecule has 0 aromatic rings. The first-order valence-corrected chi connectivity index (χ1v) is 1.55. The summed E-state index contributed by atoms with van der Waals surface area (Å²) in [4.78, 5) is 9.45. The summed E-state index contributed by atoms with van der Waals surface area (Å²) in [6.45, 7) is 1.20. The van der Waals surface area contributed by atoms with Crippen molar-refractivity contribution in [2.24, 2.45) is 0 Å². The van der Waals surface area contributed by atoms with Gasteiger partial charge in [0.05, 0.1) is 0 Å². The maximum Gasteiger partial charge on any atom is 2.00 e. The van der Waals surface area contributed by atoms with Gasteiger partial charge in [0.15, 0.2) is 0 Å². The Balaban J connectivity index is -0.0000000125. The van der Waals surface area contributed by atoms with Gasteiger partial charge in [0.2, 0.25) is 0 Å². The van der Waals surface area contributed by atoms with Gasteiger partial charge in [-0.3, -0.25) is 0 Å². The van der Waals surface area contributed by atoms with Crippen LogP contribution >= 0.6 is 0 Å². The normalized spacial score (nSPS) is 9.11. The van der Waals surface area contributed by atoms with Gasteiger partial charge < -0.3 is 19.2 Å². The Hall–Kier alpha value is 1.53. The van der Waals surface area contributed by atoms with Crippen molar-refractivity contribution in [3.05, 3.63) is 0 Å². The molecule has 5 N–H and O–H groups in total. The molecule has 0 rings (SSSR count). The number of hydrogen-bond donors (Lipinski definition) is 3. The van der Waals surface area contributed by atoms with E-state index in [-0.39, 0.29) is 72.9 Å². The minimum absolute atomic E-state index is 0. The van der Waals surface area contributed by atoms with Crippen LogP contribution in [0.5, 0.6) is 0 Å². The van der Waals surface area contributed by atoms with Crippen LogP contribution in [-0.2, 0) is 31.0 Å². The third-order valence-corrected chi connectivity index (χ3v) is 0.357. The average molecular weight is 240 g/mol. The van der Waals surface area contributed by atoms with E-state index >= 15 is 0 Å². The monoisotopic (exact) mass is 239 g/mol. The van der Waals surface area contributed by atoms with Crippen LogP contribution in [0.2, 0.25) is 0 Å². The Labute approximate surface area is 106 Å². The molecule has 4 nitrogen and oxygen atoms in total. The van der Waals surface area contributed by atoms with E-state index in [9.17, 15) is 4.79 Å². The number of hydrogen-bond acceptors (Lipinski definition) is 3. The molecule has 0 aromatic carbocycles. The molecule has 6 heteroatoms. The molecule has 0 fully saturated rings. The van der Waals surface area contributed by atoms with E-state index in [4.69, 9.17) is 10.2 Å². The average Bonchev–Trinajstić information content (AvgIpc) is 1.36. The molecular weight excluding hydrogens is 229 g/mol. The number of aliphatic hydroxyl groups excluding tert-OH is 1. The van der Waals surface area contributed by atoms with E-state index in [1.165, 1.54) is 6.92 Å². The summed E-state index contributed by atoms with van der Waals surface area (Å²) in [5.41, 5.74) is 0. The number of aliphatic hydroxyl groups is 1. The van der Waals surface area contributed by atoms with Gasteiger partial charge in [-0.05, 0) is 6.92 Å². The van der Waals surface area contributed by atoms with Crippen LogP contribution in [0.25, 0.3) is 0 Å². The van der Waals surface area contributed by atoms with Crippen molar-refractivity contribution in [3.8, 4) is 0 Å². The molecule has 0 aliphatic rings. The Morgan fingerprint density at radius 1 is 1.67 bits per heavy atom. The van der Waals surface area contributed by atoms with Crippen LogP contribution in [-0.4, -0.2) is 60.0 Å². The van der Waals surface area contributed by atoms with E-state index in [1.807, 2.05) is 0 Å². The Morgan fingerprint density at radius 2 is 1.78 bits per heavy atom. The Morgan fingerprint density at radius 3 is 1.78 bits per heavy atom. The van der Waals surface area contributed by atoms with Crippen molar-refractivity contribution in [1.82, 2.24) is 6.15 Å². The SMILES string of the molecule is CC(O)C(=O)O.N.[Ca+2].[H-].[H-].[Zr]. The number of carboxylic acid groups (broad SMARTS) is 1. The summed E-state index contributed by atoms with van der Waals surface area (Å²) in [6, 6.07) is 0. The second-order valence-electron chi connectivity index (χ2n) is 1.01. The maximum absolute atomic E-state index is 9.45. The fraction of sp³-hybridized carbons (Fsp3) is 0.667. The number of carboxylic acids is 1. The van der Waals surface area contributed by atoms with Crippen LogP contribution in [0.4, 0.5) is 0 Å². The van der Waals surface area contributed by atoms with Crippen molar-refractivity contribution in [3.63, 3.8) is 0 Å². The molecule has 0 aliphatic carbocycles. The molecule has 0 saturated carbocycles. The van der Waals surface area contributed by atoms with E-state index in [2.05, 4.69) is 0 Å². The van der Waals surface area contributed by atoms with Crippen LogP contribution in [0, 0.1) is 0 Å². The molecule has 0 spiro atoms. The van der Waals surface area contributed by atoms with Gasteiger partial charge in [-0.25, -0.2) is 4.79 Å². The second-order valence-corrected chi connectivity index (χ2v) is 1.01. The molecule has 0 amide bonds. The number of aliphatic carboxylic acids is 1. The van der Waals surface area contributed by atoms with E-state index in [1.54, 1.807) is 0 Å². The summed E-state index contributed by atoms with van der Waals surface area (Å²) in [7, 11) is 0. The quantitative estimate of drug-likeness (QED) is 0.537. The Kier molecular flexibility index (Phi) is 30.5. The van der Waals surface area contributed by atoms with Crippen LogP contribution in [0.15, 0.2) is 0 Å². The summed E-state index contributed by atoms with van der Waals surface area (Å²) >= 11 is 0. The molecule has 0 radical (unpaired) electrons. The molecule has 0 saturated heterocycles. The van der Waals surface area contributed by atoms with Crippen molar-refractivity contribution >= 4 is 43.7 Å². The van der Waals surface area contributed by atoms with Gasteiger partial charge in [0.1, 0.15) is 6.10 Å². The summed E-state index contributed by atoms with van der Waals surface area (Å²) < 4.78 is 0. The predicted octanol–water partition coefficient (Wildman–Crippen LogP) is -0.544. The summed E-state index contributed by atoms with van der Waals surface area (Å²) in [5.74, 6) is -1.19. The van der Waals surface area contributed by atoms with E-state index < -0.39 is 12.1 Å². The molecule has 0 aliphatic heterocycles. The van der Waals surface area contributed by atoms with Crippen molar-refractivity contribution in [2.75, 3.05) is 0 Å². The van der Waals surface area contributed by atoms with Gasteiger partial charge in [-0.15, -0.1) is 0 Å². The van der Waals surface area contributed by atoms with E-state index in [0.717, 1.165) is 0 Å². The van der Waals surface area contributed by atoms with Gasteiger partial charge in [0, 0.05) is 26.2 Å². The third kappa shape index (κ3) is 17.7. The molecule has 1 atom stereocenters. The Bertz CT molecular complexity index is 77.6. The number of carbonyl (C=O) groups is 1. The van der Waals surface area contributed by atoms with Crippen molar-refractivity contribution in [2.45, 2.75) is 13.0 Å². The molecule has 0 aromatic heterocycles. The molecule has 0 heterocycles. The van der Waals surface area contributed by atoms with Crippen LogP contribution in [0.3, 0.4) is 0 Å².